The fourth-order valence-electron chi connectivity index (χ4n) is 2.64. The molecule has 4 rings (SSSR count). The molecule has 0 unspecified atom stereocenters. The molecule has 0 saturated heterocycles. The van der Waals surface area contributed by atoms with Gasteiger partial charge in [-0.1, -0.05) is 18.2 Å². The molecule has 0 N–H and O–H groups in total. The fraction of sp³-hybridized carbons (Fsp3) is 0.118. The predicted octanol–water partition coefficient (Wildman–Crippen LogP) is 2.24. The minimum absolute atomic E-state index is 0.135. The molecule has 2 aromatic carbocycles. The van der Waals surface area contributed by atoms with Gasteiger partial charge in [0, 0.05) is 22.8 Å². The fourth-order valence-corrected chi connectivity index (χ4v) is 2.64. The predicted molar refractivity (Wildman–Crippen MR) is 86.7 cm³/mol. The third-order valence-corrected chi connectivity index (χ3v) is 3.85. The van der Waals surface area contributed by atoms with Crippen LogP contribution < -0.4 is 14.3 Å². The Kier molecular flexibility index (Phi) is 3.57. The summed E-state index contributed by atoms with van der Waals surface area (Å²) in [5.41, 5.74) is 1.42. The second-order valence-corrected chi connectivity index (χ2v) is 5.35. The molecule has 0 amide bonds. The van der Waals surface area contributed by atoms with E-state index in [0.29, 0.717) is 16.1 Å². The van der Waals surface area contributed by atoms with Crippen molar-refractivity contribution >= 4 is 16.7 Å². The summed E-state index contributed by atoms with van der Waals surface area (Å²) in [6, 6.07) is 12.4. The number of halogens is 1. The molecule has 7 nitrogen and oxygen atoms in total. The van der Waals surface area contributed by atoms with Crippen LogP contribution in [0, 0.1) is 11.0 Å². The first-order valence-corrected chi connectivity index (χ1v) is 7.49. The summed E-state index contributed by atoms with van der Waals surface area (Å²) in [4.78, 5) is 0.374. The summed E-state index contributed by atoms with van der Waals surface area (Å²) in [5, 5.41) is 19.5. The number of fused-ring (bicyclic) bond motifs is 3. The van der Waals surface area contributed by atoms with Crippen LogP contribution in [0.3, 0.4) is 0 Å². The average Bonchev–Trinajstić information content (AvgIpc) is 3.01. The zero-order valence-electron chi connectivity index (χ0n) is 13.2. The molecule has 0 radical (unpaired) electrons. The lowest BCUT2D eigenvalue weighted by atomic mass is 10.2. The number of aromatic nitrogens is 4. The van der Waals surface area contributed by atoms with E-state index >= 15 is 0 Å². The third-order valence-electron chi connectivity index (χ3n) is 3.85. The van der Waals surface area contributed by atoms with Crippen LogP contribution in [0.4, 0.5) is 4.39 Å². The van der Waals surface area contributed by atoms with E-state index in [0.717, 1.165) is 17.5 Å². The quantitative estimate of drug-likeness (QED) is 0.421. The van der Waals surface area contributed by atoms with Gasteiger partial charge in [-0.15, -0.1) is 0 Å². The van der Waals surface area contributed by atoms with Crippen molar-refractivity contribution in [2.24, 2.45) is 0 Å². The number of para-hydroxylation sites is 1. The van der Waals surface area contributed by atoms with Crippen molar-refractivity contribution in [2.45, 2.75) is 6.61 Å². The molecule has 0 aliphatic carbocycles. The van der Waals surface area contributed by atoms with Crippen molar-refractivity contribution in [2.75, 3.05) is 7.11 Å². The Balaban J connectivity index is 1.72. The number of nitrogens with zero attached hydrogens (tertiary/aromatic N) is 4. The number of methoxy groups -OCH3 is 1. The lowest BCUT2D eigenvalue weighted by molar-refractivity contribution is -0.640. The number of benzene rings is 2. The van der Waals surface area contributed by atoms with Crippen molar-refractivity contribution in [3.8, 4) is 11.5 Å². The maximum atomic E-state index is 13.7. The van der Waals surface area contributed by atoms with E-state index in [1.807, 2.05) is 24.3 Å². The van der Waals surface area contributed by atoms with E-state index in [1.165, 1.54) is 4.52 Å². The molecule has 2 heterocycles. The van der Waals surface area contributed by atoms with Crippen LogP contribution >= 0.6 is 0 Å². The van der Waals surface area contributed by atoms with Crippen LogP contribution in [-0.4, -0.2) is 21.8 Å². The molecule has 0 aliphatic rings. The molecule has 8 heteroatoms. The minimum Gasteiger partial charge on any atom is -0.594 e. The highest BCUT2D eigenvalue weighted by molar-refractivity contribution is 5.75. The minimum atomic E-state index is -0.660. The average molecular weight is 340 g/mol. The van der Waals surface area contributed by atoms with Gasteiger partial charge in [0.25, 0.3) is 11.2 Å². The van der Waals surface area contributed by atoms with Gasteiger partial charge < -0.3 is 14.7 Å². The highest BCUT2D eigenvalue weighted by atomic mass is 19.1. The molecule has 0 atom stereocenters. The van der Waals surface area contributed by atoms with Crippen LogP contribution in [0.2, 0.25) is 0 Å². The van der Waals surface area contributed by atoms with Crippen LogP contribution in [-0.2, 0) is 6.61 Å². The lowest BCUT2D eigenvalue weighted by Crippen LogP contribution is -2.33. The molecule has 0 fully saturated rings. The van der Waals surface area contributed by atoms with Gasteiger partial charge in [-0.3, -0.25) is 0 Å². The monoisotopic (exact) mass is 340 g/mol. The zero-order chi connectivity index (χ0) is 17.4. The highest BCUT2D eigenvalue weighted by Crippen LogP contribution is 2.23. The Hall–Kier alpha value is -3.42. The van der Waals surface area contributed by atoms with Gasteiger partial charge in [-0.05, 0) is 17.0 Å². The molecular weight excluding hydrogens is 327 g/mol. The first-order valence-electron chi connectivity index (χ1n) is 7.49. The summed E-state index contributed by atoms with van der Waals surface area (Å²) in [6.07, 6.45) is 1.02. The number of ether oxygens (including phenoxy) is 2. The number of hydrogen-bond donors (Lipinski definition) is 0. The van der Waals surface area contributed by atoms with Crippen molar-refractivity contribution < 1.29 is 18.7 Å². The van der Waals surface area contributed by atoms with Gasteiger partial charge in [-0.25, -0.2) is 8.91 Å². The van der Waals surface area contributed by atoms with Crippen LogP contribution in [0.15, 0.2) is 48.7 Å². The van der Waals surface area contributed by atoms with Crippen molar-refractivity contribution in [1.82, 2.24) is 14.7 Å². The summed E-state index contributed by atoms with van der Waals surface area (Å²) in [7, 11) is 1.60. The Morgan fingerprint density at radius 1 is 1.24 bits per heavy atom. The molecule has 126 valence electrons. The standard InChI is InChI=1S/C17H13FN4O3/c1-24-16-5-3-2-4-11(16)10-25-12-6-7-14-15(8-12)21-17(20-22(14)23)13(18)9-19-21/h2-9H,10H2,1H3. The third kappa shape index (κ3) is 2.57. The zero-order valence-corrected chi connectivity index (χ0v) is 13.2. The van der Waals surface area contributed by atoms with Crippen molar-refractivity contribution in [3.05, 3.63) is 65.2 Å². The second-order valence-electron chi connectivity index (χ2n) is 5.35. The van der Waals surface area contributed by atoms with E-state index in [4.69, 9.17) is 9.47 Å². The van der Waals surface area contributed by atoms with Gasteiger partial charge in [-0.2, -0.15) is 5.10 Å². The molecule has 0 bridgehead atoms. The van der Waals surface area contributed by atoms with Gasteiger partial charge in [0.15, 0.2) is 5.82 Å². The first-order chi connectivity index (χ1) is 12.2. The van der Waals surface area contributed by atoms with Gasteiger partial charge in [0.05, 0.1) is 13.3 Å². The topological polar surface area (TPSA) is 75.6 Å². The second kappa shape index (κ2) is 5.90. The molecule has 0 aliphatic heterocycles. The van der Waals surface area contributed by atoms with Gasteiger partial charge >= 0.3 is 0 Å². The van der Waals surface area contributed by atoms with E-state index in [9.17, 15) is 9.60 Å². The lowest BCUT2D eigenvalue weighted by Gasteiger charge is -2.10. The number of hydrogen-bond acceptors (Lipinski definition) is 5. The smallest absolute Gasteiger partial charge is 0.270 e. The van der Waals surface area contributed by atoms with Crippen LogP contribution in [0.1, 0.15) is 5.56 Å². The van der Waals surface area contributed by atoms with Crippen LogP contribution in [0.5, 0.6) is 11.5 Å². The van der Waals surface area contributed by atoms with E-state index < -0.39 is 5.82 Å². The first kappa shape index (κ1) is 15.1. The summed E-state index contributed by atoms with van der Waals surface area (Å²) < 4.78 is 26.0. The Morgan fingerprint density at radius 2 is 2.08 bits per heavy atom. The molecule has 0 spiro atoms. The summed E-state index contributed by atoms with van der Waals surface area (Å²) in [6.45, 7) is 0.286. The van der Waals surface area contributed by atoms with Gasteiger partial charge in [0.1, 0.15) is 23.6 Å². The largest absolute Gasteiger partial charge is 0.594 e. The normalized spacial score (nSPS) is 11.1. The van der Waals surface area contributed by atoms with Crippen LogP contribution in [0.25, 0.3) is 16.7 Å². The molecular formula is C17H13FN4O3. The van der Waals surface area contributed by atoms with E-state index in [1.54, 1.807) is 25.3 Å². The SMILES string of the molecule is COc1ccccc1COc1ccc2c(c1)n1ncc(F)c1n[n+]2[O-]. The maximum Gasteiger partial charge on any atom is 0.270 e. The molecule has 4 aromatic rings. The van der Waals surface area contributed by atoms with Crippen molar-refractivity contribution in [1.29, 1.82) is 0 Å². The Morgan fingerprint density at radius 3 is 2.92 bits per heavy atom. The molecule has 2 aromatic heterocycles. The van der Waals surface area contributed by atoms with E-state index in [-0.39, 0.29) is 17.8 Å². The number of rotatable bonds is 4. The molecule has 0 saturated carbocycles. The molecule has 25 heavy (non-hydrogen) atoms. The van der Waals surface area contributed by atoms with Gasteiger partial charge in [0.2, 0.25) is 0 Å². The Labute approximate surface area is 141 Å². The van der Waals surface area contributed by atoms with E-state index in [2.05, 4.69) is 10.2 Å². The summed E-state index contributed by atoms with van der Waals surface area (Å²) in [5.74, 6) is 0.579. The van der Waals surface area contributed by atoms with Crippen molar-refractivity contribution in [3.63, 3.8) is 0 Å². The highest BCUT2D eigenvalue weighted by Gasteiger charge is 2.17. The maximum absolute atomic E-state index is 13.7. The Bertz CT molecular complexity index is 1080. The summed E-state index contributed by atoms with van der Waals surface area (Å²) >= 11 is 0.